The number of likely N-dealkylation sites (tertiary alicyclic amines) is 1. The number of rotatable bonds is 6. The largest absolute Gasteiger partial charge is 0.481 e. The van der Waals surface area contributed by atoms with Gasteiger partial charge in [-0.2, -0.15) is 0 Å². The van der Waals surface area contributed by atoms with Gasteiger partial charge in [-0.3, -0.25) is 9.59 Å². The summed E-state index contributed by atoms with van der Waals surface area (Å²) in [4.78, 5) is 30.8. The Kier molecular flexibility index (Phi) is 6.01. The monoisotopic (exact) mass is 371 g/mol. The first-order chi connectivity index (χ1) is 13.1. The summed E-state index contributed by atoms with van der Waals surface area (Å²) in [7, 11) is 1.53. The summed E-state index contributed by atoms with van der Waals surface area (Å²) in [5.74, 6) is -0.148. The van der Waals surface area contributed by atoms with Crippen LogP contribution in [0.4, 0.5) is 4.39 Å². The number of nitrogens with one attached hydrogen (secondary N) is 1. The van der Waals surface area contributed by atoms with Crippen LogP contribution >= 0.6 is 0 Å². The van der Waals surface area contributed by atoms with Crippen LogP contribution in [0.5, 0.6) is 5.88 Å². The van der Waals surface area contributed by atoms with Crippen LogP contribution in [0.25, 0.3) is 0 Å². The molecule has 1 aliphatic rings. The zero-order chi connectivity index (χ0) is 19.2. The van der Waals surface area contributed by atoms with Gasteiger partial charge in [0.1, 0.15) is 11.9 Å². The van der Waals surface area contributed by atoms with E-state index in [0.29, 0.717) is 25.1 Å². The number of carbonyl (C=O) groups excluding carboxylic acids is 2. The van der Waals surface area contributed by atoms with Gasteiger partial charge in [-0.25, -0.2) is 9.37 Å². The van der Waals surface area contributed by atoms with Crippen molar-refractivity contribution in [2.75, 3.05) is 7.11 Å². The highest BCUT2D eigenvalue weighted by molar-refractivity contribution is 5.88. The van der Waals surface area contributed by atoms with Gasteiger partial charge < -0.3 is 15.0 Å². The molecule has 1 unspecified atom stereocenters. The lowest BCUT2D eigenvalue weighted by atomic mass is 9.99. The van der Waals surface area contributed by atoms with Gasteiger partial charge in [0.15, 0.2) is 0 Å². The van der Waals surface area contributed by atoms with Crippen LogP contribution in [0.15, 0.2) is 42.6 Å². The number of hydrogen-bond donors (Lipinski definition) is 1. The van der Waals surface area contributed by atoms with Crippen molar-refractivity contribution in [3.8, 4) is 5.88 Å². The lowest BCUT2D eigenvalue weighted by molar-refractivity contribution is -0.144. The zero-order valence-corrected chi connectivity index (χ0v) is 15.2. The molecule has 7 heteroatoms. The predicted octanol–water partition coefficient (Wildman–Crippen LogP) is 2.43. The molecule has 0 aliphatic carbocycles. The molecule has 27 heavy (non-hydrogen) atoms. The maximum absolute atomic E-state index is 13.1. The second-order valence-corrected chi connectivity index (χ2v) is 6.45. The number of methoxy groups -OCH3 is 1. The number of amides is 2. The highest BCUT2D eigenvalue weighted by Crippen LogP contribution is 2.22. The van der Waals surface area contributed by atoms with Crippen LogP contribution < -0.4 is 10.1 Å². The van der Waals surface area contributed by atoms with E-state index < -0.39 is 6.04 Å². The van der Waals surface area contributed by atoms with E-state index in [2.05, 4.69) is 10.3 Å². The van der Waals surface area contributed by atoms with Crippen LogP contribution in [-0.2, 0) is 22.7 Å². The fraction of sp³-hybridized carbons (Fsp3) is 0.350. The van der Waals surface area contributed by atoms with Gasteiger partial charge in [-0.1, -0.05) is 18.2 Å². The lowest BCUT2D eigenvalue weighted by Crippen LogP contribution is -2.51. The Labute approximate surface area is 157 Å². The van der Waals surface area contributed by atoms with E-state index in [9.17, 15) is 14.0 Å². The first-order valence-corrected chi connectivity index (χ1v) is 8.88. The molecule has 142 valence electrons. The van der Waals surface area contributed by atoms with E-state index in [1.54, 1.807) is 29.3 Å². The van der Waals surface area contributed by atoms with E-state index >= 15 is 0 Å². The molecule has 1 N–H and O–H groups in total. The third kappa shape index (κ3) is 4.61. The van der Waals surface area contributed by atoms with Gasteiger partial charge in [-0.05, 0) is 36.6 Å². The molecule has 1 atom stereocenters. The maximum atomic E-state index is 13.1. The van der Waals surface area contributed by atoms with E-state index in [-0.39, 0.29) is 30.7 Å². The molecule has 0 spiro atoms. The number of piperidine rings is 1. The van der Waals surface area contributed by atoms with E-state index in [1.807, 2.05) is 6.07 Å². The second-order valence-electron chi connectivity index (χ2n) is 6.45. The van der Waals surface area contributed by atoms with Gasteiger partial charge in [-0.15, -0.1) is 0 Å². The van der Waals surface area contributed by atoms with Crippen LogP contribution in [0, 0.1) is 5.82 Å². The summed E-state index contributed by atoms with van der Waals surface area (Å²) >= 11 is 0. The maximum Gasteiger partial charge on any atom is 0.243 e. The van der Waals surface area contributed by atoms with Gasteiger partial charge in [0.25, 0.3) is 0 Å². The minimum absolute atomic E-state index is 0.0651. The van der Waals surface area contributed by atoms with Crippen LogP contribution in [0.3, 0.4) is 0 Å². The van der Waals surface area contributed by atoms with Crippen molar-refractivity contribution in [1.29, 1.82) is 0 Å². The summed E-state index contributed by atoms with van der Waals surface area (Å²) in [5, 5.41) is 2.88. The Bertz CT molecular complexity index is 810. The Balaban J connectivity index is 1.68. The van der Waals surface area contributed by atoms with Crippen LogP contribution in [-0.4, -0.2) is 34.8 Å². The highest BCUT2D eigenvalue weighted by atomic mass is 19.1. The third-order valence-electron chi connectivity index (χ3n) is 4.63. The molecule has 0 bridgehead atoms. The first-order valence-electron chi connectivity index (χ1n) is 8.88. The molecule has 2 heterocycles. The summed E-state index contributed by atoms with van der Waals surface area (Å²) in [6.45, 7) is 0.554. The Hall–Kier alpha value is -2.96. The molecule has 6 nitrogen and oxygen atoms in total. The highest BCUT2D eigenvalue weighted by Gasteiger charge is 2.33. The number of ether oxygens (including phenoxy) is 1. The molecule has 1 aliphatic heterocycles. The smallest absolute Gasteiger partial charge is 0.243 e. The zero-order valence-electron chi connectivity index (χ0n) is 15.2. The standard InChI is InChI=1S/C20H22FN3O3/c1-27-20-15(4-3-11-22-20)12-23-19(26)17-5-2-6-18(25)24(17)13-14-7-9-16(21)10-8-14/h3-4,7-11,17H,2,5-6,12-13H2,1H3,(H,23,26). The number of benzene rings is 1. The van der Waals surface area contributed by atoms with Crippen molar-refractivity contribution in [1.82, 2.24) is 15.2 Å². The van der Waals surface area contributed by atoms with E-state index in [1.165, 1.54) is 19.2 Å². The fourth-order valence-corrected chi connectivity index (χ4v) is 3.22. The summed E-state index contributed by atoms with van der Waals surface area (Å²) in [6, 6.07) is 9.03. The molecule has 1 aromatic carbocycles. The van der Waals surface area contributed by atoms with Crippen molar-refractivity contribution >= 4 is 11.8 Å². The normalized spacial score (nSPS) is 16.9. The van der Waals surface area contributed by atoms with Crippen molar-refractivity contribution in [2.45, 2.75) is 38.4 Å². The minimum atomic E-state index is -0.543. The van der Waals surface area contributed by atoms with Gasteiger partial charge in [0.05, 0.1) is 7.11 Å². The molecular weight excluding hydrogens is 349 g/mol. The Morgan fingerprint density at radius 2 is 2.11 bits per heavy atom. The molecule has 1 fully saturated rings. The van der Waals surface area contributed by atoms with E-state index in [4.69, 9.17) is 4.74 Å². The average Bonchev–Trinajstić information content (AvgIpc) is 2.69. The molecule has 2 aromatic rings. The van der Waals surface area contributed by atoms with Crippen molar-refractivity contribution in [3.05, 3.63) is 59.5 Å². The molecular formula is C20H22FN3O3. The number of pyridine rings is 1. The second kappa shape index (κ2) is 8.62. The van der Waals surface area contributed by atoms with Crippen molar-refractivity contribution in [2.24, 2.45) is 0 Å². The third-order valence-corrected chi connectivity index (χ3v) is 4.63. The van der Waals surface area contributed by atoms with Gasteiger partial charge in [0, 0.05) is 31.3 Å². The molecule has 0 saturated carbocycles. The molecule has 3 rings (SSSR count). The van der Waals surface area contributed by atoms with Crippen molar-refractivity contribution in [3.63, 3.8) is 0 Å². The Morgan fingerprint density at radius 1 is 1.33 bits per heavy atom. The molecule has 1 aromatic heterocycles. The number of carbonyl (C=O) groups is 2. The summed E-state index contributed by atoms with van der Waals surface area (Å²) in [6.07, 6.45) is 3.31. The quantitative estimate of drug-likeness (QED) is 0.847. The van der Waals surface area contributed by atoms with Crippen LogP contribution in [0.2, 0.25) is 0 Å². The number of nitrogens with zero attached hydrogens (tertiary/aromatic N) is 2. The van der Waals surface area contributed by atoms with Gasteiger partial charge in [0.2, 0.25) is 17.7 Å². The van der Waals surface area contributed by atoms with Gasteiger partial charge >= 0.3 is 0 Å². The first kappa shape index (κ1) is 18.8. The van der Waals surface area contributed by atoms with E-state index in [0.717, 1.165) is 11.1 Å². The minimum Gasteiger partial charge on any atom is -0.481 e. The molecule has 0 radical (unpaired) electrons. The van der Waals surface area contributed by atoms with Crippen molar-refractivity contribution < 1.29 is 18.7 Å². The number of hydrogen-bond acceptors (Lipinski definition) is 4. The fourth-order valence-electron chi connectivity index (χ4n) is 3.22. The summed E-state index contributed by atoms with van der Waals surface area (Å²) < 4.78 is 18.3. The average molecular weight is 371 g/mol. The van der Waals surface area contributed by atoms with Crippen LogP contribution in [0.1, 0.15) is 30.4 Å². The summed E-state index contributed by atoms with van der Waals surface area (Å²) in [5.41, 5.74) is 1.55. The topological polar surface area (TPSA) is 71.5 Å². The molecule has 2 amide bonds. The Morgan fingerprint density at radius 3 is 2.85 bits per heavy atom. The number of halogens is 1. The molecule has 1 saturated heterocycles. The number of aromatic nitrogens is 1. The predicted molar refractivity (Wildman–Crippen MR) is 97.2 cm³/mol. The lowest BCUT2D eigenvalue weighted by Gasteiger charge is -2.34. The SMILES string of the molecule is COc1ncccc1CNC(=O)C1CCCC(=O)N1Cc1ccc(F)cc1.